The summed E-state index contributed by atoms with van der Waals surface area (Å²) in [5.74, 6) is 1.43. The van der Waals surface area contributed by atoms with E-state index in [4.69, 9.17) is 15.6 Å². The van der Waals surface area contributed by atoms with E-state index in [9.17, 15) is 14.7 Å². The van der Waals surface area contributed by atoms with E-state index in [0.29, 0.717) is 42.3 Å². The highest BCUT2D eigenvalue weighted by molar-refractivity contribution is 6.04. The minimum atomic E-state index is -0.874. The van der Waals surface area contributed by atoms with Gasteiger partial charge in [-0.05, 0) is 85.3 Å². The Morgan fingerprint density at radius 1 is 1.00 bits per heavy atom. The first-order chi connectivity index (χ1) is 20.0. The van der Waals surface area contributed by atoms with Crippen LogP contribution in [0, 0.1) is 0 Å². The van der Waals surface area contributed by atoms with Gasteiger partial charge in [-0.3, -0.25) is 4.79 Å². The molecule has 0 aliphatic carbocycles. The third kappa shape index (κ3) is 5.51. The Morgan fingerprint density at radius 2 is 1.78 bits per heavy atom. The summed E-state index contributed by atoms with van der Waals surface area (Å²) in [6.07, 6.45) is 6.56. The zero-order chi connectivity index (χ0) is 28.3. The number of piperidine rings is 1. The molecule has 0 radical (unpaired) electrons. The molecule has 1 unspecified atom stereocenters. The first kappa shape index (κ1) is 26.2. The molecule has 3 aromatic carbocycles. The first-order valence-electron chi connectivity index (χ1n) is 13.8. The smallest absolute Gasteiger partial charge is 0.407 e. The van der Waals surface area contributed by atoms with Crippen LogP contribution in [-0.4, -0.2) is 44.4 Å². The van der Waals surface area contributed by atoms with Gasteiger partial charge < -0.3 is 25.8 Å². The van der Waals surface area contributed by atoms with Gasteiger partial charge in [-0.1, -0.05) is 36.4 Å². The molecule has 9 nitrogen and oxygen atoms in total. The predicted molar refractivity (Wildman–Crippen MR) is 158 cm³/mol. The van der Waals surface area contributed by atoms with Gasteiger partial charge in [0.25, 0.3) is 5.91 Å². The van der Waals surface area contributed by atoms with Crippen molar-refractivity contribution in [2.24, 2.45) is 5.73 Å². The number of aryl methyl sites for hydroxylation is 2. The number of likely N-dealkylation sites (tertiary alicyclic amines) is 1. The zero-order valence-corrected chi connectivity index (χ0v) is 22.5. The van der Waals surface area contributed by atoms with Crippen molar-refractivity contribution in [1.29, 1.82) is 0 Å². The van der Waals surface area contributed by atoms with E-state index in [0.717, 1.165) is 47.4 Å². The Hall–Kier alpha value is -5.05. The van der Waals surface area contributed by atoms with Crippen LogP contribution in [0.15, 0.2) is 78.9 Å². The van der Waals surface area contributed by atoms with Crippen molar-refractivity contribution < 1.29 is 19.4 Å². The molecule has 2 aliphatic heterocycles. The van der Waals surface area contributed by atoms with Crippen molar-refractivity contribution >= 4 is 29.6 Å². The van der Waals surface area contributed by atoms with Crippen molar-refractivity contribution in [2.45, 2.75) is 38.3 Å². The SMILES string of the molecule is NC(=O)c1c(-c2ccc(Oc3ccccc3)cc2)nn2c1Nc1ccc(C=CC3CCCCN3C(=O)O)cc1CC2. The number of carboxylic acid groups (broad SMARTS) is 1. The number of carbonyl (C=O) groups excluding carboxylic acids is 1. The van der Waals surface area contributed by atoms with E-state index in [1.807, 2.05) is 78.9 Å². The molecule has 208 valence electrons. The fraction of sp³-hybridized carbons (Fsp3) is 0.219. The highest BCUT2D eigenvalue weighted by Crippen LogP contribution is 2.35. The highest BCUT2D eigenvalue weighted by atomic mass is 16.5. The second kappa shape index (κ2) is 11.2. The van der Waals surface area contributed by atoms with Gasteiger partial charge in [-0.2, -0.15) is 5.10 Å². The summed E-state index contributed by atoms with van der Waals surface area (Å²) in [6.45, 7) is 1.13. The number of fused-ring (bicyclic) bond motifs is 2. The molecule has 2 aliphatic rings. The monoisotopic (exact) mass is 549 g/mol. The summed E-state index contributed by atoms with van der Waals surface area (Å²) in [7, 11) is 0. The van der Waals surface area contributed by atoms with E-state index in [1.165, 1.54) is 4.90 Å². The maximum Gasteiger partial charge on any atom is 0.407 e. The number of anilines is 2. The lowest BCUT2D eigenvalue weighted by Crippen LogP contribution is -2.41. The number of benzene rings is 3. The van der Waals surface area contributed by atoms with Crippen LogP contribution in [0.25, 0.3) is 17.3 Å². The number of primary amides is 1. The van der Waals surface area contributed by atoms with Gasteiger partial charge in [0.1, 0.15) is 28.6 Å². The van der Waals surface area contributed by atoms with Crippen LogP contribution < -0.4 is 15.8 Å². The van der Waals surface area contributed by atoms with Crippen LogP contribution in [-0.2, 0) is 13.0 Å². The molecule has 3 heterocycles. The second-order valence-electron chi connectivity index (χ2n) is 10.3. The number of rotatable bonds is 6. The fourth-order valence-corrected chi connectivity index (χ4v) is 5.51. The molecule has 4 aromatic rings. The molecule has 1 atom stereocenters. The van der Waals surface area contributed by atoms with Crippen LogP contribution in [0.3, 0.4) is 0 Å². The Morgan fingerprint density at radius 3 is 2.54 bits per heavy atom. The Bertz CT molecular complexity index is 1610. The molecular formula is C32H31N5O4. The minimum absolute atomic E-state index is 0.112. The quantitative estimate of drug-likeness (QED) is 0.260. The highest BCUT2D eigenvalue weighted by Gasteiger charge is 2.27. The molecule has 1 aromatic heterocycles. The molecule has 0 bridgehead atoms. The lowest BCUT2D eigenvalue weighted by Gasteiger charge is -2.31. The van der Waals surface area contributed by atoms with Crippen LogP contribution in [0.4, 0.5) is 16.3 Å². The Labute approximate surface area is 237 Å². The summed E-state index contributed by atoms with van der Waals surface area (Å²) < 4.78 is 7.70. The normalized spacial score (nSPS) is 16.4. The molecule has 0 saturated carbocycles. The van der Waals surface area contributed by atoms with Crippen molar-refractivity contribution in [1.82, 2.24) is 14.7 Å². The summed E-state index contributed by atoms with van der Waals surface area (Å²) in [5.41, 5.74) is 10.5. The molecule has 4 N–H and O–H groups in total. The number of para-hydroxylation sites is 1. The van der Waals surface area contributed by atoms with E-state index in [2.05, 4.69) is 11.4 Å². The molecular weight excluding hydrogens is 518 g/mol. The zero-order valence-electron chi connectivity index (χ0n) is 22.5. The Kier molecular flexibility index (Phi) is 7.16. The Balaban J connectivity index is 1.24. The molecule has 6 rings (SSSR count). The van der Waals surface area contributed by atoms with Gasteiger partial charge in [0.2, 0.25) is 0 Å². The largest absolute Gasteiger partial charge is 0.465 e. The van der Waals surface area contributed by atoms with Gasteiger partial charge >= 0.3 is 6.09 Å². The average molecular weight is 550 g/mol. The lowest BCUT2D eigenvalue weighted by atomic mass is 10.0. The van der Waals surface area contributed by atoms with Crippen LogP contribution in [0.1, 0.15) is 40.7 Å². The predicted octanol–water partition coefficient (Wildman–Crippen LogP) is 6.29. The van der Waals surface area contributed by atoms with E-state index < -0.39 is 12.0 Å². The number of nitrogens with zero attached hydrogens (tertiary/aromatic N) is 3. The van der Waals surface area contributed by atoms with Crippen molar-refractivity contribution in [3.8, 4) is 22.8 Å². The first-order valence-corrected chi connectivity index (χ1v) is 13.8. The number of ether oxygens (including phenoxy) is 1. The maximum absolute atomic E-state index is 12.7. The summed E-state index contributed by atoms with van der Waals surface area (Å²) in [4.78, 5) is 25.8. The van der Waals surface area contributed by atoms with Gasteiger partial charge in [0.05, 0.1) is 6.04 Å². The van der Waals surface area contributed by atoms with E-state index in [-0.39, 0.29) is 6.04 Å². The second-order valence-corrected chi connectivity index (χ2v) is 10.3. The minimum Gasteiger partial charge on any atom is -0.465 e. The number of carbonyl (C=O) groups is 2. The molecule has 1 saturated heterocycles. The third-order valence-corrected chi connectivity index (χ3v) is 7.59. The van der Waals surface area contributed by atoms with Gasteiger partial charge in [-0.15, -0.1) is 0 Å². The van der Waals surface area contributed by atoms with Gasteiger partial charge in [0.15, 0.2) is 0 Å². The van der Waals surface area contributed by atoms with Crippen molar-refractivity contribution in [3.05, 3.63) is 95.6 Å². The fourth-order valence-electron chi connectivity index (χ4n) is 5.51. The molecule has 41 heavy (non-hydrogen) atoms. The maximum atomic E-state index is 12.7. The van der Waals surface area contributed by atoms with Crippen molar-refractivity contribution in [3.63, 3.8) is 0 Å². The van der Waals surface area contributed by atoms with Crippen LogP contribution in [0.2, 0.25) is 0 Å². The number of hydrogen-bond donors (Lipinski definition) is 3. The molecule has 9 heteroatoms. The van der Waals surface area contributed by atoms with Crippen molar-refractivity contribution in [2.75, 3.05) is 11.9 Å². The molecule has 0 spiro atoms. The molecule has 2 amide bonds. The molecule has 1 fully saturated rings. The lowest BCUT2D eigenvalue weighted by molar-refractivity contribution is 0.100. The standard InChI is InChI=1S/C32H31N5O4/c33-30(38)28-29(22-11-14-26(15-12-22)41-25-7-2-1-3-8-25)35-37-19-17-23-20-21(10-16-27(23)34-31(28)37)9-13-24-6-4-5-18-36(24)32(39)40/h1-3,7-16,20,24,34H,4-6,17-19H2,(H2,33,38)(H,39,40). The number of hydrogen-bond acceptors (Lipinski definition) is 5. The summed E-state index contributed by atoms with van der Waals surface area (Å²) >= 11 is 0. The number of aromatic nitrogens is 2. The summed E-state index contributed by atoms with van der Waals surface area (Å²) in [6, 6.07) is 22.9. The summed E-state index contributed by atoms with van der Waals surface area (Å²) in [5, 5.41) is 17.7. The van der Waals surface area contributed by atoms with Gasteiger partial charge in [0, 0.05) is 24.3 Å². The average Bonchev–Trinajstić information content (AvgIpc) is 3.25. The number of nitrogens with one attached hydrogen (secondary N) is 1. The third-order valence-electron chi connectivity index (χ3n) is 7.59. The van der Waals surface area contributed by atoms with Gasteiger partial charge in [-0.25, -0.2) is 9.48 Å². The van der Waals surface area contributed by atoms with E-state index >= 15 is 0 Å². The topological polar surface area (TPSA) is 123 Å². The number of amides is 2. The van der Waals surface area contributed by atoms with Crippen LogP contribution in [0.5, 0.6) is 11.5 Å². The number of nitrogens with two attached hydrogens (primary N) is 1. The van der Waals surface area contributed by atoms with Crippen LogP contribution >= 0.6 is 0 Å². The van der Waals surface area contributed by atoms with E-state index in [1.54, 1.807) is 4.68 Å².